The largest absolute Gasteiger partial charge is 4.00 e. The van der Waals surface area contributed by atoms with Crippen molar-refractivity contribution >= 4 is 0 Å². The van der Waals surface area contributed by atoms with E-state index in [1.165, 1.54) is 55.9 Å². The van der Waals surface area contributed by atoms with Gasteiger partial charge in [0.25, 0.3) is 0 Å². The fourth-order valence-corrected chi connectivity index (χ4v) is 12.0. The number of aromatic nitrogens is 4. The first-order valence-electron chi connectivity index (χ1n) is 38.3. The van der Waals surface area contributed by atoms with Crippen molar-refractivity contribution in [3.05, 3.63) is 458 Å². The van der Waals surface area contributed by atoms with Crippen molar-refractivity contribution in [2.45, 2.75) is 158 Å². The molecule has 0 radical (unpaired) electrons. The second kappa shape index (κ2) is 50.2. The fourth-order valence-electron chi connectivity index (χ4n) is 12.0. The van der Waals surface area contributed by atoms with Crippen LogP contribution in [-0.2, 0) is 51.7 Å². The number of nitrogens with zero attached hydrogens (tertiary/aromatic N) is 5. The Morgan fingerprint density at radius 2 is 0.333 bits per heavy atom. The summed E-state index contributed by atoms with van der Waals surface area (Å²) in [5, 5.41) is 20.7. The van der Waals surface area contributed by atoms with Gasteiger partial charge in [0.2, 0.25) is 5.62 Å². The minimum atomic E-state index is 0. The number of rotatable bonds is 12. The Balaban J connectivity index is 0.000000356. The van der Waals surface area contributed by atoms with E-state index in [0.717, 1.165) is 50.3 Å². The number of benzene rings is 11. The van der Waals surface area contributed by atoms with Gasteiger partial charge in [-0.15, -0.1) is 84.9 Å². The van der Waals surface area contributed by atoms with Crippen molar-refractivity contribution < 1.29 is 51.7 Å². The molecule has 0 aliphatic heterocycles. The molecule has 11 aromatic carbocycles. The molecule has 6 nitrogen and oxygen atoms in total. The first-order valence-corrected chi connectivity index (χ1v) is 38.3. The van der Waals surface area contributed by atoms with Crippen LogP contribution >= 0.6 is 0 Å². The van der Waals surface area contributed by atoms with Gasteiger partial charge in [0, 0.05) is 18.0 Å². The summed E-state index contributed by atoms with van der Waals surface area (Å²) in [6.07, 6.45) is 8.14. The average Bonchev–Trinajstić information content (AvgIpc) is 1.65. The third kappa shape index (κ3) is 31.2. The molecule has 0 unspecified atom stereocenters. The SMILES string of the molecule is CC(C)c1cccc(C(C)C)c1-n1ccn(-c2c(C(C)C)cccc2C(C)C)c1=N.CC(C)c1cccc(C(C)C)c1-n1ccn(-c2c(C(C)C)cccc2C(C)C)c1=[N-].[CH2-]c1ccccc1.[CH2-]c1ccccc1.[CH2-]c1ccccc1.[CH2-]c1ccccc1.[CH2-]c1ccccc1.[CH2-]c1ccccc1.[CH2-]c1ccccc1.[Hf+4].[Hf+4]. The summed E-state index contributed by atoms with van der Waals surface area (Å²) >= 11 is 0. The van der Waals surface area contributed by atoms with Crippen LogP contribution in [0.3, 0.4) is 0 Å². The molecule has 2 heterocycles. The molecule has 8 heteroatoms. The van der Waals surface area contributed by atoms with Gasteiger partial charge in [-0.3, -0.25) is 14.5 Å². The van der Waals surface area contributed by atoms with Crippen LogP contribution in [0.4, 0.5) is 0 Å². The summed E-state index contributed by atoms with van der Waals surface area (Å²) in [6.45, 7) is 61.6. The van der Waals surface area contributed by atoms with Crippen LogP contribution in [0.1, 0.15) is 242 Å². The molecule has 0 bridgehead atoms. The molecule has 13 rings (SSSR count). The zero-order chi connectivity index (χ0) is 80.1. The van der Waals surface area contributed by atoms with Gasteiger partial charge in [-0.25, -0.2) is 0 Å². The summed E-state index contributed by atoms with van der Waals surface area (Å²) in [6, 6.07) is 95.2. The fraction of sp³-hybridized carbons (Fsp3) is 0.233. The number of hydrogen-bond donors (Lipinski definition) is 1. The normalized spacial score (nSPS) is 10.3. The maximum Gasteiger partial charge on any atom is 4.00 e. The van der Waals surface area contributed by atoms with E-state index in [-0.39, 0.29) is 57.3 Å². The predicted octanol–water partition coefficient (Wildman–Crippen LogP) is 27.5. The van der Waals surface area contributed by atoms with Gasteiger partial charge in [-0.2, -0.15) is 172 Å². The zero-order valence-electron chi connectivity index (χ0n) is 69.2. The maximum atomic E-state index is 11.5. The van der Waals surface area contributed by atoms with Crippen molar-refractivity contribution in [3.8, 4) is 22.7 Å². The van der Waals surface area contributed by atoms with Crippen molar-refractivity contribution in [2.24, 2.45) is 0 Å². The van der Waals surface area contributed by atoms with Gasteiger partial charge < -0.3 is 14.5 Å². The topological polar surface area (TPSA) is 65.9 Å². The standard InChI is InChI=1S/C27H37N3.C27H36N3.7C7H7.2Hf/c2*1-17(2)21-11-9-12-22(18(3)4)25(21)29-15-16-30(27(29)28)26-23(19(5)6)13-10-14-24(26)20(7)8;7*1-7-5-3-2-4-6-7;;/h9-20,28H,1-8H3;9-20H,1-8H3;7*2-6H,1H2;;/q;8*-1;2*+4. The second-order valence-electron chi connectivity index (χ2n) is 29.5. The van der Waals surface area contributed by atoms with Gasteiger partial charge in [0.15, 0.2) is 0 Å². The van der Waals surface area contributed by atoms with Crippen molar-refractivity contribution in [1.29, 1.82) is 5.41 Å². The second-order valence-corrected chi connectivity index (χ2v) is 29.5. The Bertz CT molecular complexity index is 3960. The molecule has 2 aromatic heterocycles. The van der Waals surface area contributed by atoms with Gasteiger partial charge in [-0.1, -0.05) is 226 Å². The number of para-hydroxylation sites is 4. The Labute approximate surface area is 708 Å². The van der Waals surface area contributed by atoms with Crippen molar-refractivity contribution in [2.75, 3.05) is 0 Å². The Hall–Kier alpha value is -9.73. The van der Waals surface area contributed by atoms with Crippen LogP contribution in [0, 0.1) is 53.9 Å². The molecule has 0 saturated heterocycles. The summed E-state index contributed by atoms with van der Waals surface area (Å²) in [5.41, 5.74) is 23.0. The smallest absolute Gasteiger partial charge is 0.374 e. The van der Waals surface area contributed by atoms with Crippen molar-refractivity contribution in [1.82, 2.24) is 18.3 Å². The number of nitrogens with one attached hydrogen (secondary N) is 1. The molecule has 13 aromatic rings. The van der Waals surface area contributed by atoms with E-state index in [1.807, 2.05) is 234 Å². The first kappa shape index (κ1) is 95.5. The van der Waals surface area contributed by atoms with Crippen LogP contribution in [0.2, 0.25) is 0 Å². The van der Waals surface area contributed by atoms with Crippen LogP contribution in [0.15, 0.2) is 310 Å². The maximum absolute atomic E-state index is 11.5. The van der Waals surface area contributed by atoms with E-state index in [4.69, 9.17) is 0 Å². The summed E-state index contributed by atoms with van der Waals surface area (Å²) in [5.74, 6) is 3.02. The molecule has 0 spiro atoms. The first-order chi connectivity index (χ1) is 52.0. The summed E-state index contributed by atoms with van der Waals surface area (Å²) < 4.78 is 8.08. The van der Waals surface area contributed by atoms with Crippen LogP contribution in [0.25, 0.3) is 28.2 Å². The Morgan fingerprint density at radius 3 is 0.450 bits per heavy atom. The van der Waals surface area contributed by atoms with E-state index in [1.54, 1.807) is 0 Å². The average molecular weight is 1800 g/mol. The molecular formula is C103H122Hf2N6. The molecule has 1 N–H and O–H groups in total. The minimum Gasteiger partial charge on any atom is -0.374 e. The minimum absolute atomic E-state index is 0. The van der Waals surface area contributed by atoms with Crippen molar-refractivity contribution in [3.63, 3.8) is 0 Å². The summed E-state index contributed by atoms with van der Waals surface area (Å²) in [7, 11) is 0. The third-order valence-corrected chi connectivity index (χ3v) is 17.9. The zero-order valence-corrected chi connectivity index (χ0v) is 76.4. The predicted molar refractivity (Wildman–Crippen MR) is 472 cm³/mol. The van der Waals surface area contributed by atoms with E-state index in [0.29, 0.717) is 53.0 Å². The van der Waals surface area contributed by atoms with E-state index in [9.17, 15) is 10.8 Å². The van der Waals surface area contributed by atoms with Gasteiger partial charge >= 0.3 is 51.7 Å². The number of imidazole rings is 2. The van der Waals surface area contributed by atoms with E-state index < -0.39 is 0 Å². The summed E-state index contributed by atoms with van der Waals surface area (Å²) in [4.78, 5) is 0. The molecule has 0 aliphatic rings. The van der Waals surface area contributed by atoms with Gasteiger partial charge in [-0.05, 0) is 116 Å². The van der Waals surface area contributed by atoms with E-state index in [2.05, 4.69) is 254 Å². The molecule has 0 atom stereocenters. The molecule has 0 saturated carbocycles. The quantitative estimate of drug-likeness (QED) is 0.0936. The van der Waals surface area contributed by atoms with Crippen LogP contribution in [-0.4, -0.2) is 18.3 Å². The van der Waals surface area contributed by atoms with E-state index >= 15 is 0 Å². The molecule has 572 valence electrons. The molecular weight excluding hydrogens is 1680 g/mol. The Kier molecular flexibility index (Phi) is 43.2. The monoisotopic (exact) mass is 1800 g/mol. The Morgan fingerprint density at radius 1 is 0.207 bits per heavy atom. The van der Waals surface area contributed by atoms with Crippen LogP contribution < -0.4 is 11.2 Å². The van der Waals surface area contributed by atoms with Crippen LogP contribution in [0.5, 0.6) is 0 Å². The van der Waals surface area contributed by atoms with Gasteiger partial charge in [0.1, 0.15) is 0 Å². The number of hydrogen-bond acceptors (Lipinski definition) is 1. The molecule has 0 amide bonds. The third-order valence-electron chi connectivity index (χ3n) is 17.9. The van der Waals surface area contributed by atoms with Gasteiger partial charge in [0.05, 0.1) is 11.4 Å². The molecule has 0 aliphatic carbocycles. The molecule has 111 heavy (non-hydrogen) atoms. The molecule has 0 fully saturated rings.